The van der Waals surface area contributed by atoms with Crippen LogP contribution in [0.25, 0.3) is 0 Å². The van der Waals surface area contributed by atoms with Crippen LogP contribution in [0.1, 0.15) is 143 Å². The van der Waals surface area contributed by atoms with Gasteiger partial charge in [0.25, 0.3) is 0 Å². The molecule has 0 aromatic heterocycles. The van der Waals surface area contributed by atoms with Crippen LogP contribution in [0.15, 0.2) is 0 Å². The Kier molecular flexibility index (Phi) is 18.3. The monoisotopic (exact) mass is 719 g/mol. The summed E-state index contributed by atoms with van der Waals surface area (Å²) in [6, 6.07) is 0. The van der Waals surface area contributed by atoms with Gasteiger partial charge in [-0.25, -0.2) is 0 Å². The van der Waals surface area contributed by atoms with Crippen molar-refractivity contribution in [3.8, 4) is 0 Å². The lowest BCUT2D eigenvalue weighted by atomic mass is 9.43. The molecule has 0 heterocycles. The van der Waals surface area contributed by atoms with Crippen LogP contribution in [0.5, 0.6) is 0 Å². The third kappa shape index (κ3) is 11.3. The zero-order valence-corrected chi connectivity index (χ0v) is 33.5. The fourth-order valence-corrected chi connectivity index (χ4v) is 11.7. The van der Waals surface area contributed by atoms with Gasteiger partial charge in [0.2, 0.25) is 0 Å². The molecule has 0 aromatic carbocycles. The highest BCUT2D eigenvalue weighted by atomic mass is 16.5. The number of nitrogens with two attached hydrogens (primary N) is 3. The van der Waals surface area contributed by atoms with E-state index >= 15 is 0 Å². The molecular formula is C42H82N6O3. The highest BCUT2D eigenvalue weighted by Gasteiger charge is 2.66. The summed E-state index contributed by atoms with van der Waals surface area (Å²) in [4.78, 5) is 0. The molecule has 51 heavy (non-hydrogen) atoms. The van der Waals surface area contributed by atoms with Crippen LogP contribution < -0.4 is 27.8 Å². The molecule has 0 amide bonds. The maximum atomic E-state index is 7.57. The van der Waals surface area contributed by atoms with Gasteiger partial charge in [-0.15, -0.1) is 0 Å². The van der Waals surface area contributed by atoms with Crippen molar-refractivity contribution in [2.24, 2.45) is 63.5 Å². The quantitative estimate of drug-likeness (QED) is 0.0337. The topological polar surface area (TPSA) is 154 Å². The van der Waals surface area contributed by atoms with Crippen molar-refractivity contribution in [2.45, 2.75) is 162 Å². The fraction of sp³-hybridized carbons (Fsp3) is 0.976. The second-order valence-corrected chi connectivity index (χ2v) is 17.7. The van der Waals surface area contributed by atoms with Crippen LogP contribution in [-0.4, -0.2) is 76.8 Å². The Hall–Kier alpha value is -0.970. The number of unbranched alkanes of at least 4 members (excludes halogenated alkanes) is 5. The van der Waals surface area contributed by atoms with Gasteiger partial charge < -0.3 is 42.0 Å². The summed E-state index contributed by atoms with van der Waals surface area (Å²) in [6.07, 6.45) is 22.6. The SMILES string of the molecule is CCCCCCCCNCCCC(C)C1CCC2C3[C@H](OCCCNC(=N)N)CC4C[C@H](OCCCN)CC[C@]4(C)[C@H]3C[C@H](OCCCN)[C@]12C. The van der Waals surface area contributed by atoms with Crippen molar-refractivity contribution in [2.75, 3.05) is 52.5 Å². The van der Waals surface area contributed by atoms with Gasteiger partial charge in [-0.3, -0.25) is 5.41 Å². The van der Waals surface area contributed by atoms with Crippen LogP contribution in [-0.2, 0) is 14.2 Å². The molecule has 4 saturated carbocycles. The summed E-state index contributed by atoms with van der Waals surface area (Å²) in [5.74, 6) is 3.72. The standard InChI is InChI=1S/C42H82N6O3/c1-5-6-7-8-9-10-22-47-23-11-15-31(2)34-16-17-35-39-36(30-38(42(34,35)4)51-26-13-21-44)41(3)19-18-33(49-25-12-20-43)28-32(41)29-37(39)50-27-14-24-48-40(45)46/h31-39,47H,5-30,43-44H2,1-4H3,(H4,45,46,48)/t31?,32?,33-,34?,35?,36+,37-,38+,39?,41+,42-/m1/s1. The molecule has 298 valence electrons. The first-order valence-electron chi connectivity index (χ1n) is 21.7. The van der Waals surface area contributed by atoms with Gasteiger partial charge in [-0.05, 0) is 151 Å². The number of guanidine groups is 1. The summed E-state index contributed by atoms with van der Waals surface area (Å²) in [5.41, 5.74) is 17.8. The van der Waals surface area contributed by atoms with Crippen molar-refractivity contribution in [1.82, 2.24) is 10.6 Å². The van der Waals surface area contributed by atoms with Gasteiger partial charge >= 0.3 is 0 Å². The lowest BCUT2D eigenvalue weighted by Gasteiger charge is -2.65. The predicted octanol–water partition coefficient (Wildman–Crippen LogP) is 6.96. The summed E-state index contributed by atoms with van der Waals surface area (Å²) in [5, 5.41) is 14.3. The summed E-state index contributed by atoms with van der Waals surface area (Å²) in [7, 11) is 0. The van der Waals surface area contributed by atoms with Crippen molar-refractivity contribution in [3.63, 3.8) is 0 Å². The molecule has 4 rings (SSSR count). The average molecular weight is 719 g/mol. The molecule has 0 saturated heterocycles. The first kappa shape index (κ1) is 42.8. The normalized spacial score (nSPS) is 35.2. The van der Waals surface area contributed by atoms with E-state index in [2.05, 4.69) is 38.3 Å². The van der Waals surface area contributed by atoms with Crippen LogP contribution in [0.3, 0.4) is 0 Å². The van der Waals surface area contributed by atoms with Crippen LogP contribution >= 0.6 is 0 Å². The smallest absolute Gasteiger partial charge is 0.185 e. The molecule has 5 unspecified atom stereocenters. The number of rotatable bonds is 25. The fourth-order valence-electron chi connectivity index (χ4n) is 11.7. The van der Waals surface area contributed by atoms with E-state index in [1.165, 1.54) is 70.6 Å². The van der Waals surface area contributed by atoms with Crippen molar-refractivity contribution in [1.29, 1.82) is 5.41 Å². The highest BCUT2D eigenvalue weighted by Crippen LogP contribution is 2.69. The number of hydrogen-bond acceptors (Lipinski definition) is 7. The van der Waals surface area contributed by atoms with E-state index in [4.69, 9.17) is 36.8 Å². The first-order valence-corrected chi connectivity index (χ1v) is 21.7. The van der Waals surface area contributed by atoms with Crippen molar-refractivity contribution >= 4 is 5.96 Å². The van der Waals surface area contributed by atoms with E-state index in [1.54, 1.807) is 0 Å². The first-order chi connectivity index (χ1) is 24.7. The Bertz CT molecular complexity index is 988. The largest absolute Gasteiger partial charge is 0.378 e. The van der Waals surface area contributed by atoms with Gasteiger partial charge in [-0.1, -0.05) is 59.8 Å². The molecule has 9 nitrogen and oxygen atoms in total. The number of fused-ring (bicyclic) bond motifs is 5. The van der Waals surface area contributed by atoms with Gasteiger partial charge in [-0.2, -0.15) is 0 Å². The molecule has 0 radical (unpaired) electrons. The minimum absolute atomic E-state index is 0.0369. The highest BCUT2D eigenvalue weighted by molar-refractivity contribution is 5.74. The van der Waals surface area contributed by atoms with Crippen LogP contribution in [0, 0.1) is 51.7 Å². The lowest BCUT2D eigenvalue weighted by molar-refractivity contribution is -0.227. The molecule has 4 aliphatic rings. The Balaban J connectivity index is 1.48. The second kappa shape index (κ2) is 21.8. The Labute approximate surface area is 313 Å². The maximum Gasteiger partial charge on any atom is 0.185 e. The van der Waals surface area contributed by atoms with Crippen molar-refractivity contribution in [3.05, 3.63) is 0 Å². The predicted molar refractivity (Wildman–Crippen MR) is 212 cm³/mol. The zero-order chi connectivity index (χ0) is 36.7. The van der Waals surface area contributed by atoms with E-state index in [0.717, 1.165) is 71.2 Å². The number of ether oxygens (including phenoxy) is 3. The molecule has 0 aliphatic heterocycles. The Morgan fingerprint density at radius 3 is 2.24 bits per heavy atom. The summed E-state index contributed by atoms with van der Waals surface area (Å²) >= 11 is 0. The summed E-state index contributed by atoms with van der Waals surface area (Å²) < 4.78 is 20.5. The van der Waals surface area contributed by atoms with Crippen molar-refractivity contribution < 1.29 is 14.2 Å². The van der Waals surface area contributed by atoms with Gasteiger partial charge in [0.05, 0.1) is 18.3 Å². The molecule has 11 atom stereocenters. The van der Waals surface area contributed by atoms with E-state index < -0.39 is 0 Å². The van der Waals surface area contributed by atoms with E-state index in [0.29, 0.717) is 67.9 Å². The molecule has 9 heteroatoms. The Morgan fingerprint density at radius 2 is 1.49 bits per heavy atom. The van der Waals surface area contributed by atoms with E-state index in [9.17, 15) is 0 Å². The van der Waals surface area contributed by atoms with Gasteiger partial charge in [0, 0.05) is 31.8 Å². The molecule has 0 spiro atoms. The molecular weight excluding hydrogens is 637 g/mol. The molecule has 0 aromatic rings. The minimum atomic E-state index is 0.0369. The molecule has 4 fully saturated rings. The minimum Gasteiger partial charge on any atom is -0.378 e. The summed E-state index contributed by atoms with van der Waals surface area (Å²) in [6.45, 7) is 16.7. The van der Waals surface area contributed by atoms with Crippen LogP contribution in [0.2, 0.25) is 0 Å². The zero-order valence-electron chi connectivity index (χ0n) is 33.5. The maximum absolute atomic E-state index is 7.57. The third-order valence-electron chi connectivity index (χ3n) is 14.5. The molecule has 4 aliphatic carbocycles. The lowest BCUT2D eigenvalue weighted by Crippen LogP contribution is -2.63. The van der Waals surface area contributed by atoms with E-state index in [-0.39, 0.29) is 29.0 Å². The average Bonchev–Trinajstić information content (AvgIpc) is 3.47. The van der Waals surface area contributed by atoms with Crippen LogP contribution in [0.4, 0.5) is 0 Å². The number of hydrogen-bond donors (Lipinski definition) is 6. The number of nitrogens with one attached hydrogen (secondary N) is 3. The molecule has 9 N–H and O–H groups in total. The molecule has 0 bridgehead atoms. The Morgan fingerprint density at radius 1 is 0.784 bits per heavy atom. The second-order valence-electron chi connectivity index (χ2n) is 17.7. The van der Waals surface area contributed by atoms with Gasteiger partial charge in [0.1, 0.15) is 0 Å². The third-order valence-corrected chi connectivity index (χ3v) is 14.5. The van der Waals surface area contributed by atoms with E-state index in [1.807, 2.05) is 0 Å². The van der Waals surface area contributed by atoms with Gasteiger partial charge in [0.15, 0.2) is 5.96 Å².